The number of hydrogen-bond acceptors (Lipinski definition) is 4. The van der Waals surface area contributed by atoms with Crippen molar-refractivity contribution in [1.29, 1.82) is 0 Å². The molecule has 0 bridgehead atoms. The summed E-state index contributed by atoms with van der Waals surface area (Å²) in [6.45, 7) is 0.267. The fourth-order valence-corrected chi connectivity index (χ4v) is 2.56. The first-order valence-corrected chi connectivity index (χ1v) is 8.34. The van der Waals surface area contributed by atoms with Gasteiger partial charge in [0, 0.05) is 17.0 Å². The molecule has 0 aromatic heterocycles. The van der Waals surface area contributed by atoms with Crippen LogP contribution in [0.3, 0.4) is 0 Å². The van der Waals surface area contributed by atoms with Crippen LogP contribution < -0.4 is 10.5 Å². The van der Waals surface area contributed by atoms with Crippen LogP contribution in [-0.2, 0) is 14.3 Å². The van der Waals surface area contributed by atoms with Gasteiger partial charge < -0.3 is 15.2 Å². The summed E-state index contributed by atoms with van der Waals surface area (Å²) in [6.07, 6.45) is -0.611. The fourth-order valence-electron chi connectivity index (χ4n) is 2.10. The maximum absolute atomic E-state index is 11.9. The Morgan fingerprint density at radius 1 is 1.08 bits per heavy atom. The lowest BCUT2D eigenvalue weighted by Gasteiger charge is -2.15. The highest BCUT2D eigenvalue weighted by molar-refractivity contribution is 6.35. The molecule has 132 valence electrons. The van der Waals surface area contributed by atoms with Gasteiger partial charge >= 0.3 is 5.97 Å². The molecule has 1 unspecified atom stereocenters. The minimum Gasteiger partial charge on any atom is -0.492 e. The second-order valence-corrected chi connectivity index (χ2v) is 6.05. The average Bonchev–Trinajstić information content (AvgIpc) is 2.58. The number of hydrogen-bond donors (Lipinski definition) is 1. The largest absolute Gasteiger partial charge is 0.492 e. The highest BCUT2D eigenvalue weighted by Gasteiger charge is 2.22. The van der Waals surface area contributed by atoms with E-state index in [4.69, 9.17) is 38.4 Å². The van der Waals surface area contributed by atoms with Gasteiger partial charge in [-0.3, -0.25) is 9.59 Å². The van der Waals surface area contributed by atoms with Gasteiger partial charge in [-0.2, -0.15) is 0 Å². The van der Waals surface area contributed by atoms with E-state index in [1.807, 2.05) is 0 Å². The Kier molecular flexibility index (Phi) is 7.10. The van der Waals surface area contributed by atoms with Crippen LogP contribution >= 0.6 is 23.2 Å². The van der Waals surface area contributed by atoms with Crippen molar-refractivity contribution in [2.45, 2.75) is 18.9 Å². The van der Waals surface area contributed by atoms with E-state index >= 15 is 0 Å². The van der Waals surface area contributed by atoms with E-state index in [1.54, 1.807) is 48.5 Å². The highest BCUT2D eigenvalue weighted by Crippen LogP contribution is 2.27. The number of halogens is 2. The van der Waals surface area contributed by atoms with E-state index in [2.05, 4.69) is 0 Å². The maximum atomic E-state index is 11.9. The molecule has 0 aliphatic carbocycles. The molecule has 5 nitrogen and oxygen atoms in total. The van der Waals surface area contributed by atoms with Gasteiger partial charge in [-0.05, 0) is 24.6 Å². The highest BCUT2D eigenvalue weighted by atomic mass is 35.5. The Morgan fingerprint density at radius 3 is 2.44 bits per heavy atom. The molecule has 1 atom stereocenters. The summed E-state index contributed by atoms with van der Waals surface area (Å²) < 4.78 is 10.7. The number of esters is 1. The van der Waals surface area contributed by atoms with Gasteiger partial charge in [0.25, 0.3) is 5.91 Å². The predicted octanol–water partition coefficient (Wildman–Crippen LogP) is 3.92. The second kappa shape index (κ2) is 9.30. The monoisotopic (exact) mass is 381 g/mol. The number of rotatable bonds is 8. The molecule has 7 heteroatoms. The number of carbonyl (C=O) groups excluding carboxylic acids is 2. The Hall–Kier alpha value is -2.24. The van der Waals surface area contributed by atoms with Crippen LogP contribution in [0, 0.1) is 0 Å². The van der Waals surface area contributed by atoms with E-state index in [0.717, 1.165) is 0 Å². The van der Waals surface area contributed by atoms with Crippen molar-refractivity contribution in [2.24, 2.45) is 5.73 Å². The summed E-state index contributed by atoms with van der Waals surface area (Å²) in [6, 6.07) is 13.5. The third-order valence-electron chi connectivity index (χ3n) is 3.29. The molecule has 0 aliphatic heterocycles. The molecule has 0 saturated carbocycles. The van der Waals surface area contributed by atoms with E-state index < -0.39 is 18.0 Å². The normalized spacial score (nSPS) is 11.6. The van der Waals surface area contributed by atoms with Crippen molar-refractivity contribution < 1.29 is 19.1 Å². The van der Waals surface area contributed by atoms with Gasteiger partial charge in [0.05, 0.1) is 11.6 Å². The molecule has 2 aromatic carbocycles. The van der Waals surface area contributed by atoms with E-state index in [-0.39, 0.29) is 13.0 Å². The van der Waals surface area contributed by atoms with Crippen LogP contribution in [-0.4, -0.2) is 18.5 Å². The number of ether oxygens (including phenoxy) is 2. The van der Waals surface area contributed by atoms with Crippen LogP contribution in [0.15, 0.2) is 48.5 Å². The standard InChI is InChI=1S/C18H17Cl2NO4/c19-13-8-9-15(14(20)11-13)24-10-4-7-16(22)25-17(18(21)23)12-5-2-1-3-6-12/h1-3,5-6,8-9,11,17H,4,7,10H2,(H2,21,23). The molecule has 1 amide bonds. The third-order valence-corrected chi connectivity index (χ3v) is 3.82. The van der Waals surface area contributed by atoms with Crippen molar-refractivity contribution in [3.05, 3.63) is 64.1 Å². The zero-order valence-electron chi connectivity index (χ0n) is 13.3. The molecule has 0 radical (unpaired) electrons. The molecule has 2 N–H and O–H groups in total. The van der Waals surface area contributed by atoms with Crippen molar-refractivity contribution in [3.8, 4) is 5.75 Å². The van der Waals surface area contributed by atoms with E-state index in [1.165, 1.54) is 0 Å². The molecular weight excluding hydrogens is 365 g/mol. The maximum Gasteiger partial charge on any atom is 0.307 e. The number of nitrogens with two attached hydrogens (primary N) is 1. The molecule has 0 fully saturated rings. The van der Waals surface area contributed by atoms with Gasteiger partial charge in [-0.25, -0.2) is 0 Å². The molecule has 0 heterocycles. The van der Waals surface area contributed by atoms with Gasteiger partial charge in [-0.15, -0.1) is 0 Å². The van der Waals surface area contributed by atoms with Crippen LogP contribution in [0.25, 0.3) is 0 Å². The number of amides is 1. The quantitative estimate of drug-likeness (QED) is 0.554. The molecule has 0 spiro atoms. The van der Waals surface area contributed by atoms with Crippen LogP contribution in [0.2, 0.25) is 10.0 Å². The first-order valence-electron chi connectivity index (χ1n) is 7.59. The Balaban J connectivity index is 1.80. The number of benzene rings is 2. The SMILES string of the molecule is NC(=O)C(OC(=O)CCCOc1ccc(Cl)cc1Cl)c1ccccc1. The van der Waals surface area contributed by atoms with Crippen molar-refractivity contribution in [2.75, 3.05) is 6.61 Å². The van der Waals surface area contributed by atoms with Crippen molar-refractivity contribution in [1.82, 2.24) is 0 Å². The summed E-state index contributed by atoms with van der Waals surface area (Å²) in [4.78, 5) is 23.4. The number of carbonyl (C=O) groups is 2. The Bertz CT molecular complexity index is 737. The topological polar surface area (TPSA) is 78.6 Å². The lowest BCUT2D eigenvalue weighted by molar-refractivity contribution is -0.155. The summed E-state index contributed by atoms with van der Waals surface area (Å²) in [5.74, 6) is -0.763. The fraction of sp³-hybridized carbons (Fsp3) is 0.222. The molecule has 0 saturated heterocycles. The smallest absolute Gasteiger partial charge is 0.307 e. The average molecular weight is 382 g/mol. The van der Waals surface area contributed by atoms with Gasteiger partial charge in [0.15, 0.2) is 0 Å². The van der Waals surface area contributed by atoms with Crippen molar-refractivity contribution >= 4 is 35.1 Å². The minimum atomic E-state index is -1.10. The van der Waals surface area contributed by atoms with Gasteiger partial charge in [0.1, 0.15) is 5.75 Å². The first kappa shape index (κ1) is 19.1. The lowest BCUT2D eigenvalue weighted by Crippen LogP contribution is -2.26. The van der Waals surface area contributed by atoms with E-state index in [0.29, 0.717) is 27.8 Å². The number of primary amides is 1. The summed E-state index contributed by atoms with van der Waals surface area (Å²) >= 11 is 11.8. The first-order chi connectivity index (χ1) is 12.0. The lowest BCUT2D eigenvalue weighted by atomic mass is 10.1. The minimum absolute atomic E-state index is 0.0851. The molecule has 25 heavy (non-hydrogen) atoms. The van der Waals surface area contributed by atoms with Crippen LogP contribution in [0.1, 0.15) is 24.5 Å². The molecule has 2 rings (SSSR count). The molecule has 2 aromatic rings. The van der Waals surface area contributed by atoms with Crippen LogP contribution in [0.4, 0.5) is 0 Å². The van der Waals surface area contributed by atoms with E-state index in [9.17, 15) is 9.59 Å². The summed E-state index contributed by atoms with van der Waals surface area (Å²) in [7, 11) is 0. The Morgan fingerprint density at radius 2 is 1.80 bits per heavy atom. The predicted molar refractivity (Wildman–Crippen MR) is 95.7 cm³/mol. The summed E-state index contributed by atoms with van der Waals surface area (Å²) in [5.41, 5.74) is 5.85. The Labute approximate surface area is 155 Å². The molecular formula is C18H17Cl2NO4. The van der Waals surface area contributed by atoms with Crippen molar-refractivity contribution in [3.63, 3.8) is 0 Å². The van der Waals surface area contributed by atoms with Gasteiger partial charge in [0.2, 0.25) is 6.10 Å². The van der Waals surface area contributed by atoms with Gasteiger partial charge in [-0.1, -0.05) is 53.5 Å². The second-order valence-electron chi connectivity index (χ2n) is 5.21. The molecule has 0 aliphatic rings. The van der Waals surface area contributed by atoms with Crippen LogP contribution in [0.5, 0.6) is 5.75 Å². The third kappa shape index (κ3) is 5.96. The zero-order chi connectivity index (χ0) is 18.2. The summed E-state index contributed by atoms with van der Waals surface area (Å²) in [5, 5.41) is 0.910. The zero-order valence-corrected chi connectivity index (χ0v) is 14.8.